The maximum Gasteiger partial charge on any atom is 0.226 e. The van der Waals surface area contributed by atoms with Crippen molar-refractivity contribution >= 4 is 17.5 Å². The lowest BCUT2D eigenvalue weighted by atomic mass is 10.2. The van der Waals surface area contributed by atoms with Gasteiger partial charge < -0.3 is 14.8 Å². The molecule has 18 heavy (non-hydrogen) atoms. The van der Waals surface area contributed by atoms with Crippen LogP contribution in [0.25, 0.3) is 0 Å². The molecule has 1 saturated heterocycles. The average Bonchev–Trinajstić information content (AvgIpc) is 2.36. The first-order chi connectivity index (χ1) is 8.78. The van der Waals surface area contributed by atoms with Crippen molar-refractivity contribution in [3.8, 4) is 0 Å². The fourth-order valence-corrected chi connectivity index (χ4v) is 1.81. The Morgan fingerprint density at radius 2 is 2.11 bits per heavy atom. The maximum absolute atomic E-state index is 10.7. The minimum atomic E-state index is -0.207. The number of β-lactam (4-membered cyclic amide) rings is 1. The molecule has 1 aromatic rings. The van der Waals surface area contributed by atoms with Gasteiger partial charge in [-0.3, -0.25) is 4.79 Å². The fraction of sp³-hybridized carbons (Fsp3) is 0.462. The highest BCUT2D eigenvalue weighted by molar-refractivity contribution is 6.18. The lowest BCUT2D eigenvalue weighted by molar-refractivity contribution is -0.148. The molecule has 98 valence electrons. The summed E-state index contributed by atoms with van der Waals surface area (Å²) in [4.78, 5) is 10.7. The Labute approximate surface area is 111 Å². The zero-order valence-electron chi connectivity index (χ0n) is 9.97. The van der Waals surface area contributed by atoms with Crippen LogP contribution < -0.4 is 5.32 Å². The highest BCUT2D eigenvalue weighted by atomic mass is 35.5. The van der Waals surface area contributed by atoms with Crippen LogP contribution >= 0.6 is 11.6 Å². The van der Waals surface area contributed by atoms with Gasteiger partial charge in [0.2, 0.25) is 5.91 Å². The van der Waals surface area contributed by atoms with Gasteiger partial charge in [0.15, 0.2) is 0 Å². The number of benzene rings is 1. The van der Waals surface area contributed by atoms with Gasteiger partial charge in [-0.15, -0.1) is 11.6 Å². The first-order valence-electron chi connectivity index (χ1n) is 5.90. The number of carbonyl (C=O) groups is 1. The fourth-order valence-electron chi connectivity index (χ4n) is 1.64. The molecule has 0 spiro atoms. The zero-order chi connectivity index (χ0) is 12.8. The van der Waals surface area contributed by atoms with Crippen LogP contribution in [0.3, 0.4) is 0 Å². The van der Waals surface area contributed by atoms with Crippen molar-refractivity contribution in [2.75, 3.05) is 12.5 Å². The van der Waals surface area contributed by atoms with Crippen molar-refractivity contribution < 1.29 is 14.3 Å². The molecule has 0 radical (unpaired) electrons. The summed E-state index contributed by atoms with van der Waals surface area (Å²) in [6, 6.07) is 9.91. The molecule has 1 aliphatic rings. The van der Waals surface area contributed by atoms with Crippen LogP contribution in [0, 0.1) is 0 Å². The number of carbonyl (C=O) groups excluding carboxylic acids is 1. The minimum Gasteiger partial charge on any atom is -0.374 e. The lowest BCUT2D eigenvalue weighted by Crippen LogP contribution is -2.52. The van der Waals surface area contributed by atoms with E-state index in [2.05, 4.69) is 5.32 Å². The molecule has 0 saturated carbocycles. The smallest absolute Gasteiger partial charge is 0.226 e. The molecule has 2 rings (SSSR count). The van der Waals surface area contributed by atoms with E-state index in [0.29, 0.717) is 25.5 Å². The van der Waals surface area contributed by atoms with E-state index < -0.39 is 0 Å². The average molecular weight is 270 g/mol. The van der Waals surface area contributed by atoms with E-state index in [1.807, 2.05) is 30.3 Å². The third kappa shape index (κ3) is 3.98. The molecular weight excluding hydrogens is 254 g/mol. The lowest BCUT2D eigenvalue weighted by Gasteiger charge is -2.30. The molecular formula is C13H16ClNO3. The van der Waals surface area contributed by atoms with Gasteiger partial charge in [-0.25, -0.2) is 0 Å². The SMILES string of the molecule is O=C1CC(OC(CCl)COCc2ccccc2)N1. The van der Waals surface area contributed by atoms with Crippen molar-refractivity contribution in [3.63, 3.8) is 0 Å². The highest BCUT2D eigenvalue weighted by Gasteiger charge is 2.28. The van der Waals surface area contributed by atoms with Crippen molar-refractivity contribution in [2.45, 2.75) is 25.4 Å². The predicted molar refractivity (Wildman–Crippen MR) is 68.2 cm³/mol. The van der Waals surface area contributed by atoms with Gasteiger partial charge in [-0.05, 0) is 5.56 Å². The Kier molecular flexibility index (Phi) is 4.99. The van der Waals surface area contributed by atoms with Gasteiger partial charge in [-0.2, -0.15) is 0 Å². The largest absolute Gasteiger partial charge is 0.374 e. The van der Waals surface area contributed by atoms with Crippen molar-refractivity contribution in [1.29, 1.82) is 0 Å². The molecule has 4 nitrogen and oxygen atoms in total. The second kappa shape index (κ2) is 6.73. The van der Waals surface area contributed by atoms with Crippen LogP contribution in [-0.4, -0.2) is 30.7 Å². The molecule has 1 heterocycles. The quantitative estimate of drug-likeness (QED) is 0.605. The van der Waals surface area contributed by atoms with E-state index in [4.69, 9.17) is 21.1 Å². The number of nitrogens with one attached hydrogen (secondary N) is 1. The third-order valence-electron chi connectivity index (χ3n) is 2.64. The molecule has 1 N–H and O–H groups in total. The Morgan fingerprint density at radius 3 is 2.72 bits per heavy atom. The van der Waals surface area contributed by atoms with Gasteiger partial charge in [-0.1, -0.05) is 30.3 Å². The summed E-state index contributed by atoms with van der Waals surface area (Å²) in [5.74, 6) is 0.361. The van der Waals surface area contributed by atoms with Crippen LogP contribution in [0.4, 0.5) is 0 Å². The number of hydrogen-bond acceptors (Lipinski definition) is 3. The van der Waals surface area contributed by atoms with E-state index in [0.717, 1.165) is 5.56 Å². The maximum atomic E-state index is 10.7. The summed E-state index contributed by atoms with van der Waals surface area (Å²) in [5.41, 5.74) is 1.11. The first-order valence-corrected chi connectivity index (χ1v) is 6.44. The third-order valence-corrected chi connectivity index (χ3v) is 2.98. The Balaban J connectivity index is 1.66. The standard InChI is InChI=1S/C13H16ClNO3/c14-7-11(18-13-6-12(16)15-13)9-17-8-10-4-2-1-3-5-10/h1-5,11,13H,6-9H2,(H,15,16). The molecule has 2 atom stereocenters. The topological polar surface area (TPSA) is 47.6 Å². The molecule has 5 heteroatoms. The molecule has 0 bridgehead atoms. The first kappa shape index (κ1) is 13.3. The summed E-state index contributed by atoms with van der Waals surface area (Å²) in [6.45, 7) is 0.958. The van der Waals surface area contributed by atoms with E-state index in [9.17, 15) is 4.79 Å². The molecule has 1 aliphatic heterocycles. The van der Waals surface area contributed by atoms with Gasteiger partial charge >= 0.3 is 0 Å². The Hall–Kier alpha value is -1.10. The van der Waals surface area contributed by atoms with Crippen LogP contribution in [0.5, 0.6) is 0 Å². The number of amides is 1. The normalized spacial score (nSPS) is 20.1. The number of ether oxygens (including phenoxy) is 2. The Bertz CT molecular complexity index is 377. The second-order valence-corrected chi connectivity index (χ2v) is 4.48. The van der Waals surface area contributed by atoms with Crippen LogP contribution in [0.15, 0.2) is 30.3 Å². The number of halogens is 1. The van der Waals surface area contributed by atoms with Crippen LogP contribution in [0.2, 0.25) is 0 Å². The number of alkyl halides is 1. The molecule has 1 amide bonds. The summed E-state index contributed by atoms with van der Waals surface area (Å²) in [7, 11) is 0. The van der Waals surface area contributed by atoms with Crippen molar-refractivity contribution in [3.05, 3.63) is 35.9 Å². The van der Waals surface area contributed by atoms with E-state index in [-0.39, 0.29) is 18.2 Å². The van der Waals surface area contributed by atoms with Crippen molar-refractivity contribution in [2.24, 2.45) is 0 Å². The van der Waals surface area contributed by atoms with Crippen molar-refractivity contribution in [1.82, 2.24) is 5.32 Å². The van der Waals surface area contributed by atoms with Gasteiger partial charge in [0, 0.05) is 0 Å². The predicted octanol–water partition coefficient (Wildman–Crippen LogP) is 1.67. The van der Waals surface area contributed by atoms with Gasteiger partial charge in [0.25, 0.3) is 0 Å². The highest BCUT2D eigenvalue weighted by Crippen LogP contribution is 2.11. The minimum absolute atomic E-state index is 0.0125. The molecule has 1 aromatic carbocycles. The summed E-state index contributed by atoms with van der Waals surface area (Å²) < 4.78 is 11.1. The Morgan fingerprint density at radius 1 is 1.39 bits per heavy atom. The number of hydrogen-bond donors (Lipinski definition) is 1. The second-order valence-electron chi connectivity index (χ2n) is 4.17. The van der Waals surface area contributed by atoms with E-state index in [1.54, 1.807) is 0 Å². The molecule has 0 aromatic heterocycles. The zero-order valence-corrected chi connectivity index (χ0v) is 10.7. The van der Waals surface area contributed by atoms with Gasteiger partial charge in [0.1, 0.15) is 6.23 Å². The van der Waals surface area contributed by atoms with Gasteiger partial charge in [0.05, 0.1) is 31.6 Å². The summed E-state index contributed by atoms with van der Waals surface area (Å²) in [5, 5.41) is 2.64. The van der Waals surface area contributed by atoms with E-state index in [1.165, 1.54) is 0 Å². The molecule has 0 aliphatic carbocycles. The number of rotatable bonds is 7. The monoisotopic (exact) mass is 269 g/mol. The van der Waals surface area contributed by atoms with Crippen LogP contribution in [-0.2, 0) is 20.9 Å². The summed E-state index contributed by atoms with van der Waals surface area (Å²) >= 11 is 5.79. The van der Waals surface area contributed by atoms with E-state index >= 15 is 0 Å². The summed E-state index contributed by atoms with van der Waals surface area (Å²) in [6.07, 6.45) is 0.00839. The molecule has 1 fully saturated rings. The van der Waals surface area contributed by atoms with Crippen LogP contribution in [0.1, 0.15) is 12.0 Å². The molecule has 2 unspecified atom stereocenters.